The largest absolute Gasteiger partial charge is 0.392 e. The Kier molecular flexibility index (Phi) is 3.91. The molecule has 4 N–H and O–H groups in total. The van der Waals surface area contributed by atoms with Crippen LogP contribution >= 0.6 is 12.2 Å². The zero-order valence-electron chi connectivity index (χ0n) is 7.21. The lowest BCUT2D eigenvalue weighted by atomic mass is 10.3. The maximum Gasteiger partial charge on any atom is 0.315 e. The second kappa shape index (κ2) is 4.98. The SMILES string of the molecule is NC(=S)CNC(=O)NC1CCOC1. The highest BCUT2D eigenvalue weighted by Crippen LogP contribution is 2.02. The van der Waals surface area contributed by atoms with Crippen molar-refractivity contribution < 1.29 is 9.53 Å². The van der Waals surface area contributed by atoms with Crippen molar-refractivity contribution in [3.63, 3.8) is 0 Å². The fourth-order valence-electron chi connectivity index (χ4n) is 1.05. The van der Waals surface area contributed by atoms with Gasteiger partial charge in [-0.25, -0.2) is 4.79 Å². The molecule has 6 heteroatoms. The molecule has 1 saturated heterocycles. The van der Waals surface area contributed by atoms with Crippen LogP contribution in [0.4, 0.5) is 4.79 Å². The number of hydrogen-bond acceptors (Lipinski definition) is 3. The van der Waals surface area contributed by atoms with Crippen LogP contribution in [-0.4, -0.2) is 36.8 Å². The summed E-state index contributed by atoms with van der Waals surface area (Å²) in [4.78, 5) is 11.4. The lowest BCUT2D eigenvalue weighted by Crippen LogP contribution is -2.44. The van der Waals surface area contributed by atoms with Crippen LogP contribution < -0.4 is 16.4 Å². The van der Waals surface area contributed by atoms with E-state index in [0.29, 0.717) is 13.2 Å². The summed E-state index contributed by atoms with van der Waals surface area (Å²) in [5.74, 6) is 0. The first-order valence-electron chi connectivity index (χ1n) is 4.09. The Morgan fingerprint density at radius 2 is 2.46 bits per heavy atom. The Morgan fingerprint density at radius 3 is 3.00 bits per heavy atom. The number of nitrogens with two attached hydrogens (primary N) is 1. The van der Waals surface area contributed by atoms with Gasteiger partial charge in [-0.05, 0) is 6.42 Å². The summed E-state index contributed by atoms with van der Waals surface area (Å²) in [6.45, 7) is 1.52. The molecule has 74 valence electrons. The van der Waals surface area contributed by atoms with Gasteiger partial charge in [-0.1, -0.05) is 12.2 Å². The molecule has 1 aliphatic rings. The summed E-state index contributed by atoms with van der Waals surface area (Å²) >= 11 is 4.61. The predicted octanol–water partition coefficient (Wildman–Crippen LogP) is -0.639. The fraction of sp³-hybridized carbons (Fsp3) is 0.714. The lowest BCUT2D eigenvalue weighted by molar-refractivity contribution is 0.188. The predicted molar refractivity (Wildman–Crippen MR) is 52.5 cm³/mol. The number of carbonyl (C=O) groups is 1. The molecular formula is C7H13N3O2S. The molecule has 13 heavy (non-hydrogen) atoms. The molecule has 0 aromatic carbocycles. The van der Waals surface area contributed by atoms with E-state index in [0.717, 1.165) is 6.42 Å². The standard InChI is InChI=1S/C7H13N3O2S/c8-6(13)3-9-7(11)10-5-1-2-12-4-5/h5H,1-4H2,(H2,8,13)(H2,9,10,11). The van der Waals surface area contributed by atoms with Gasteiger partial charge >= 0.3 is 6.03 Å². The maximum absolute atomic E-state index is 11.1. The van der Waals surface area contributed by atoms with Gasteiger partial charge in [0.2, 0.25) is 0 Å². The summed E-state index contributed by atoms with van der Waals surface area (Å²) in [5.41, 5.74) is 5.21. The molecule has 0 radical (unpaired) electrons. The Hall–Kier alpha value is -0.880. The van der Waals surface area contributed by atoms with E-state index >= 15 is 0 Å². The van der Waals surface area contributed by atoms with Gasteiger partial charge in [-0.2, -0.15) is 0 Å². The van der Waals surface area contributed by atoms with Crippen LogP contribution in [0.2, 0.25) is 0 Å². The van der Waals surface area contributed by atoms with Crippen molar-refractivity contribution in [3.05, 3.63) is 0 Å². The molecule has 1 heterocycles. The minimum atomic E-state index is -0.247. The third-order valence-corrected chi connectivity index (χ3v) is 1.83. The Bertz CT molecular complexity index is 204. The molecule has 1 fully saturated rings. The van der Waals surface area contributed by atoms with Crippen molar-refractivity contribution in [2.45, 2.75) is 12.5 Å². The maximum atomic E-state index is 11.1. The summed E-state index contributed by atoms with van der Waals surface area (Å²) in [6, 6.07) is -0.130. The molecule has 0 saturated carbocycles. The molecule has 1 unspecified atom stereocenters. The van der Waals surface area contributed by atoms with E-state index in [9.17, 15) is 4.79 Å². The van der Waals surface area contributed by atoms with E-state index in [1.165, 1.54) is 0 Å². The van der Waals surface area contributed by atoms with Crippen LogP contribution in [0.5, 0.6) is 0 Å². The second-order valence-corrected chi connectivity index (χ2v) is 3.38. The third-order valence-electron chi connectivity index (χ3n) is 1.69. The van der Waals surface area contributed by atoms with Crippen molar-refractivity contribution in [1.29, 1.82) is 0 Å². The quantitative estimate of drug-likeness (QED) is 0.533. The number of amides is 2. The summed E-state index contributed by atoms with van der Waals surface area (Å²) in [6.07, 6.45) is 0.862. The van der Waals surface area contributed by atoms with Gasteiger partial charge in [0.15, 0.2) is 0 Å². The van der Waals surface area contributed by atoms with Crippen molar-refractivity contribution >= 4 is 23.2 Å². The molecule has 0 aromatic heterocycles. The number of ether oxygens (including phenoxy) is 1. The van der Waals surface area contributed by atoms with Gasteiger partial charge in [0.1, 0.15) is 0 Å². The minimum Gasteiger partial charge on any atom is -0.392 e. The Balaban J connectivity index is 2.13. The van der Waals surface area contributed by atoms with E-state index in [-0.39, 0.29) is 23.6 Å². The zero-order chi connectivity index (χ0) is 9.68. The van der Waals surface area contributed by atoms with E-state index in [1.807, 2.05) is 0 Å². The van der Waals surface area contributed by atoms with E-state index < -0.39 is 0 Å². The van der Waals surface area contributed by atoms with Crippen molar-refractivity contribution in [2.24, 2.45) is 5.73 Å². The smallest absolute Gasteiger partial charge is 0.315 e. The number of urea groups is 1. The third kappa shape index (κ3) is 4.05. The summed E-state index contributed by atoms with van der Waals surface area (Å²) in [7, 11) is 0. The van der Waals surface area contributed by atoms with Gasteiger partial charge in [0, 0.05) is 6.61 Å². The van der Waals surface area contributed by atoms with Crippen LogP contribution in [0.1, 0.15) is 6.42 Å². The first-order valence-corrected chi connectivity index (χ1v) is 4.49. The van der Waals surface area contributed by atoms with Crippen LogP contribution in [-0.2, 0) is 4.74 Å². The van der Waals surface area contributed by atoms with Gasteiger partial charge in [-0.15, -0.1) is 0 Å². The van der Waals surface area contributed by atoms with Crippen LogP contribution in [0.25, 0.3) is 0 Å². The first kappa shape index (κ1) is 10.2. The van der Waals surface area contributed by atoms with Crippen LogP contribution in [0.15, 0.2) is 0 Å². The Morgan fingerprint density at radius 1 is 1.69 bits per heavy atom. The van der Waals surface area contributed by atoms with E-state index in [4.69, 9.17) is 10.5 Å². The van der Waals surface area contributed by atoms with Crippen molar-refractivity contribution in [3.8, 4) is 0 Å². The number of thiocarbonyl (C=S) groups is 1. The highest BCUT2D eigenvalue weighted by atomic mass is 32.1. The normalized spacial score (nSPS) is 21.1. The first-order chi connectivity index (χ1) is 6.18. The minimum absolute atomic E-state index is 0.117. The average molecular weight is 203 g/mol. The molecular weight excluding hydrogens is 190 g/mol. The molecule has 1 atom stereocenters. The monoisotopic (exact) mass is 203 g/mol. The van der Waals surface area contributed by atoms with Crippen LogP contribution in [0.3, 0.4) is 0 Å². The fourth-order valence-corrected chi connectivity index (χ4v) is 1.12. The van der Waals surface area contributed by atoms with Crippen molar-refractivity contribution in [1.82, 2.24) is 10.6 Å². The van der Waals surface area contributed by atoms with Crippen LogP contribution in [0, 0.1) is 0 Å². The van der Waals surface area contributed by atoms with Gasteiger partial charge in [0.05, 0.1) is 24.2 Å². The molecule has 1 rings (SSSR count). The van der Waals surface area contributed by atoms with E-state index in [1.54, 1.807) is 0 Å². The number of hydrogen-bond donors (Lipinski definition) is 3. The van der Waals surface area contributed by atoms with E-state index in [2.05, 4.69) is 22.9 Å². The second-order valence-electron chi connectivity index (χ2n) is 2.85. The molecule has 0 aromatic rings. The molecule has 0 aliphatic carbocycles. The van der Waals surface area contributed by atoms with Gasteiger partial charge in [0.25, 0.3) is 0 Å². The average Bonchev–Trinajstić information content (AvgIpc) is 2.53. The number of nitrogens with one attached hydrogen (secondary N) is 2. The summed E-state index contributed by atoms with van der Waals surface area (Å²) in [5, 5.41) is 5.28. The van der Waals surface area contributed by atoms with Gasteiger partial charge in [-0.3, -0.25) is 0 Å². The van der Waals surface area contributed by atoms with Gasteiger partial charge < -0.3 is 21.1 Å². The zero-order valence-corrected chi connectivity index (χ0v) is 8.02. The molecule has 1 aliphatic heterocycles. The molecule has 0 spiro atoms. The lowest BCUT2D eigenvalue weighted by Gasteiger charge is -2.10. The summed E-state index contributed by atoms with van der Waals surface area (Å²) < 4.78 is 5.09. The van der Waals surface area contributed by atoms with Crippen molar-refractivity contribution in [2.75, 3.05) is 19.8 Å². The number of carbonyl (C=O) groups excluding carboxylic acids is 1. The Labute approximate surface area is 82.0 Å². The topological polar surface area (TPSA) is 76.4 Å². The highest BCUT2D eigenvalue weighted by molar-refractivity contribution is 7.80. The number of rotatable bonds is 3. The molecule has 5 nitrogen and oxygen atoms in total. The highest BCUT2D eigenvalue weighted by Gasteiger charge is 2.17. The molecule has 0 bridgehead atoms. The molecule has 2 amide bonds.